The van der Waals surface area contributed by atoms with E-state index in [9.17, 15) is 4.79 Å². The average molecular weight is 254 g/mol. The molecular weight excluding hydrogens is 232 g/mol. The Morgan fingerprint density at radius 2 is 1.83 bits per heavy atom. The molecule has 4 aliphatic carbocycles. The van der Waals surface area contributed by atoms with E-state index in [1.807, 2.05) is 7.11 Å². The minimum Gasteiger partial charge on any atom is -0.438 e. The van der Waals surface area contributed by atoms with Gasteiger partial charge in [0.25, 0.3) is 0 Å². The van der Waals surface area contributed by atoms with Crippen molar-refractivity contribution in [1.82, 2.24) is 0 Å². The normalized spacial score (nSPS) is 45.2. The monoisotopic (exact) mass is 254 g/mol. The Balaban J connectivity index is 1.77. The molecular formula is C14H22O4. The molecule has 0 aromatic heterocycles. The van der Waals surface area contributed by atoms with Crippen LogP contribution in [0.4, 0.5) is 0 Å². The molecule has 0 aromatic carbocycles. The van der Waals surface area contributed by atoms with E-state index >= 15 is 0 Å². The van der Waals surface area contributed by atoms with Crippen molar-refractivity contribution >= 4 is 5.97 Å². The van der Waals surface area contributed by atoms with Gasteiger partial charge in [0.1, 0.15) is 0 Å². The summed E-state index contributed by atoms with van der Waals surface area (Å²) in [7, 11) is 3.36. The minimum atomic E-state index is -0.232. The van der Waals surface area contributed by atoms with E-state index in [1.54, 1.807) is 7.11 Å². The summed E-state index contributed by atoms with van der Waals surface area (Å²) in [5, 5.41) is 0. The Labute approximate surface area is 108 Å². The number of hydrogen-bond acceptors (Lipinski definition) is 4. The summed E-state index contributed by atoms with van der Waals surface area (Å²) in [5.41, 5.74) is -0.232. The van der Waals surface area contributed by atoms with Crippen molar-refractivity contribution in [2.45, 2.75) is 38.2 Å². The molecule has 4 saturated carbocycles. The third-order valence-electron chi connectivity index (χ3n) is 5.20. The Hall–Kier alpha value is -0.610. The molecule has 4 heteroatoms. The Kier molecular flexibility index (Phi) is 3.10. The third-order valence-corrected chi connectivity index (χ3v) is 5.20. The van der Waals surface area contributed by atoms with Crippen LogP contribution < -0.4 is 0 Å². The Morgan fingerprint density at radius 1 is 1.17 bits per heavy atom. The predicted molar refractivity (Wildman–Crippen MR) is 64.8 cm³/mol. The number of ether oxygens (including phenoxy) is 3. The lowest BCUT2D eigenvalue weighted by Gasteiger charge is -2.58. The van der Waals surface area contributed by atoms with Crippen LogP contribution in [-0.4, -0.2) is 33.1 Å². The molecule has 0 amide bonds. The second-order valence-corrected chi connectivity index (χ2v) is 6.29. The van der Waals surface area contributed by atoms with Crippen molar-refractivity contribution in [3.8, 4) is 0 Å². The summed E-state index contributed by atoms with van der Waals surface area (Å²) < 4.78 is 15.7. The molecule has 4 bridgehead atoms. The van der Waals surface area contributed by atoms with Crippen LogP contribution in [0, 0.1) is 23.2 Å². The quantitative estimate of drug-likeness (QED) is 0.568. The van der Waals surface area contributed by atoms with E-state index in [1.165, 1.54) is 12.8 Å². The lowest BCUT2D eigenvalue weighted by molar-refractivity contribution is -0.195. The van der Waals surface area contributed by atoms with Gasteiger partial charge in [-0.1, -0.05) is 0 Å². The number of hydrogen-bond donors (Lipinski definition) is 0. The molecule has 4 fully saturated rings. The van der Waals surface area contributed by atoms with Gasteiger partial charge in [0, 0.05) is 14.2 Å². The van der Waals surface area contributed by atoms with E-state index in [0.717, 1.165) is 19.3 Å². The highest BCUT2D eigenvalue weighted by atomic mass is 16.7. The smallest absolute Gasteiger partial charge is 0.314 e. The number of carbonyl (C=O) groups excluding carboxylic acids is 1. The van der Waals surface area contributed by atoms with Crippen LogP contribution in [0.2, 0.25) is 0 Å². The SMILES string of the molecule is COCOC(=O)C12CC3CC(C1)C(OC)C(C3)C2. The number of esters is 1. The van der Waals surface area contributed by atoms with Crippen LogP contribution >= 0.6 is 0 Å². The summed E-state index contributed by atoms with van der Waals surface area (Å²) in [6.45, 7) is 0.0777. The molecule has 2 unspecified atom stereocenters. The van der Waals surface area contributed by atoms with Gasteiger partial charge < -0.3 is 14.2 Å². The molecule has 0 heterocycles. The maximum Gasteiger partial charge on any atom is 0.314 e. The first-order valence-corrected chi connectivity index (χ1v) is 6.87. The second kappa shape index (κ2) is 4.49. The molecule has 2 atom stereocenters. The third kappa shape index (κ3) is 1.77. The van der Waals surface area contributed by atoms with E-state index in [4.69, 9.17) is 14.2 Å². The van der Waals surface area contributed by atoms with E-state index in [0.29, 0.717) is 23.9 Å². The molecule has 4 nitrogen and oxygen atoms in total. The lowest BCUT2D eigenvalue weighted by atomic mass is 9.48. The predicted octanol–water partition coefficient (Wildman–Crippen LogP) is 1.97. The van der Waals surface area contributed by atoms with E-state index < -0.39 is 0 Å². The fraction of sp³-hybridized carbons (Fsp3) is 0.929. The first kappa shape index (κ1) is 12.4. The van der Waals surface area contributed by atoms with Crippen LogP contribution in [0.15, 0.2) is 0 Å². The highest BCUT2D eigenvalue weighted by Crippen LogP contribution is 2.61. The number of methoxy groups -OCH3 is 2. The molecule has 18 heavy (non-hydrogen) atoms. The lowest BCUT2D eigenvalue weighted by Crippen LogP contribution is -2.57. The topological polar surface area (TPSA) is 44.8 Å². The second-order valence-electron chi connectivity index (χ2n) is 6.29. The standard InChI is InChI=1S/C14H22O4/c1-16-8-18-13(15)14-5-9-3-10(6-14)12(17-2)11(4-9)7-14/h9-12H,3-8H2,1-2H3. The van der Waals surface area contributed by atoms with Gasteiger partial charge in [0.05, 0.1) is 11.5 Å². The van der Waals surface area contributed by atoms with Crippen LogP contribution in [0.5, 0.6) is 0 Å². The summed E-state index contributed by atoms with van der Waals surface area (Å²) in [5.74, 6) is 1.76. The summed E-state index contributed by atoms with van der Waals surface area (Å²) in [6, 6.07) is 0. The van der Waals surface area contributed by atoms with E-state index in [-0.39, 0.29) is 18.2 Å². The van der Waals surface area contributed by atoms with Gasteiger partial charge in [-0.05, 0) is 49.9 Å². The summed E-state index contributed by atoms with van der Waals surface area (Å²) in [6.07, 6.45) is 5.73. The molecule has 4 aliphatic rings. The zero-order valence-electron chi connectivity index (χ0n) is 11.2. The van der Waals surface area contributed by atoms with E-state index in [2.05, 4.69) is 0 Å². The van der Waals surface area contributed by atoms with Crippen molar-refractivity contribution < 1.29 is 19.0 Å². The molecule has 0 radical (unpaired) electrons. The maximum atomic E-state index is 12.3. The molecule has 4 rings (SSSR count). The van der Waals surface area contributed by atoms with Crippen molar-refractivity contribution in [3.63, 3.8) is 0 Å². The van der Waals surface area contributed by atoms with Crippen LogP contribution in [-0.2, 0) is 19.0 Å². The van der Waals surface area contributed by atoms with Gasteiger partial charge in [0.2, 0.25) is 0 Å². The largest absolute Gasteiger partial charge is 0.438 e. The molecule has 0 aromatic rings. The highest BCUT2D eigenvalue weighted by molar-refractivity contribution is 5.77. The minimum absolute atomic E-state index is 0.0432. The van der Waals surface area contributed by atoms with Crippen molar-refractivity contribution in [1.29, 1.82) is 0 Å². The molecule has 0 spiro atoms. The van der Waals surface area contributed by atoms with Gasteiger partial charge >= 0.3 is 5.97 Å². The van der Waals surface area contributed by atoms with Crippen molar-refractivity contribution in [3.05, 3.63) is 0 Å². The zero-order chi connectivity index (χ0) is 12.8. The first-order chi connectivity index (χ1) is 8.68. The average Bonchev–Trinajstić information content (AvgIpc) is 2.35. The van der Waals surface area contributed by atoms with Gasteiger partial charge in [-0.3, -0.25) is 4.79 Å². The summed E-state index contributed by atoms with van der Waals surface area (Å²) in [4.78, 5) is 12.3. The first-order valence-electron chi connectivity index (χ1n) is 6.87. The van der Waals surface area contributed by atoms with Gasteiger partial charge in [-0.2, -0.15) is 0 Å². The molecule has 102 valence electrons. The zero-order valence-corrected chi connectivity index (χ0v) is 11.2. The van der Waals surface area contributed by atoms with Crippen LogP contribution in [0.25, 0.3) is 0 Å². The van der Waals surface area contributed by atoms with Crippen LogP contribution in [0.3, 0.4) is 0 Å². The molecule has 0 saturated heterocycles. The fourth-order valence-corrected chi connectivity index (χ4v) is 4.88. The summed E-state index contributed by atoms with van der Waals surface area (Å²) >= 11 is 0. The fourth-order valence-electron chi connectivity index (χ4n) is 4.88. The Bertz CT molecular complexity index is 325. The number of carbonyl (C=O) groups is 1. The van der Waals surface area contributed by atoms with Crippen molar-refractivity contribution in [2.24, 2.45) is 23.2 Å². The van der Waals surface area contributed by atoms with Gasteiger partial charge in [0.15, 0.2) is 6.79 Å². The highest BCUT2D eigenvalue weighted by Gasteiger charge is 2.59. The number of rotatable bonds is 4. The molecule has 0 N–H and O–H groups in total. The van der Waals surface area contributed by atoms with Crippen LogP contribution in [0.1, 0.15) is 32.1 Å². The van der Waals surface area contributed by atoms with Gasteiger partial charge in [-0.15, -0.1) is 0 Å². The van der Waals surface area contributed by atoms with Crippen molar-refractivity contribution in [2.75, 3.05) is 21.0 Å². The van der Waals surface area contributed by atoms with Gasteiger partial charge in [-0.25, -0.2) is 0 Å². The Morgan fingerprint density at radius 3 is 2.39 bits per heavy atom. The maximum absolute atomic E-state index is 12.3. The molecule has 0 aliphatic heterocycles.